The number of alkyl carbamates (subject to hydrolysis) is 1. The highest BCUT2D eigenvalue weighted by Gasteiger charge is 2.36. The van der Waals surface area contributed by atoms with Gasteiger partial charge in [-0.05, 0) is 50.5 Å². The van der Waals surface area contributed by atoms with Crippen molar-refractivity contribution in [3.05, 3.63) is 77.9 Å². The van der Waals surface area contributed by atoms with Gasteiger partial charge in [0.1, 0.15) is 17.7 Å². The van der Waals surface area contributed by atoms with Crippen molar-refractivity contribution < 1.29 is 33.8 Å². The van der Waals surface area contributed by atoms with Crippen LogP contribution in [0, 0.1) is 0 Å². The maximum Gasteiger partial charge on any atom is 0.408 e. The van der Waals surface area contributed by atoms with Crippen molar-refractivity contribution in [3.8, 4) is 0 Å². The van der Waals surface area contributed by atoms with Gasteiger partial charge in [-0.2, -0.15) is 0 Å². The largest absolute Gasteiger partial charge is 0.466 e. The molecule has 0 aliphatic rings. The lowest BCUT2D eigenvalue weighted by Crippen LogP contribution is -2.54. The van der Waals surface area contributed by atoms with Gasteiger partial charge in [-0.25, -0.2) is 4.79 Å². The number of benzene rings is 2. The molecule has 0 aromatic heterocycles. The summed E-state index contributed by atoms with van der Waals surface area (Å²) < 4.78 is 10.3. The molecule has 0 radical (unpaired) electrons. The van der Waals surface area contributed by atoms with E-state index in [2.05, 4.69) is 17.2 Å². The van der Waals surface area contributed by atoms with Gasteiger partial charge in [-0.3, -0.25) is 14.4 Å². The first-order valence-corrected chi connectivity index (χ1v) is 13.6. The third-order valence-electron chi connectivity index (χ3n) is 5.85. The van der Waals surface area contributed by atoms with E-state index in [0.29, 0.717) is 5.56 Å². The van der Waals surface area contributed by atoms with Crippen LogP contribution < -0.4 is 10.6 Å². The van der Waals surface area contributed by atoms with E-state index in [1.165, 1.54) is 4.90 Å². The first-order valence-electron chi connectivity index (χ1n) is 13.6. The van der Waals surface area contributed by atoms with Gasteiger partial charge in [0.05, 0.1) is 19.6 Å². The first-order chi connectivity index (χ1) is 19.5. The molecule has 3 N–H and O–H groups in total. The Hall–Kier alpha value is -4.18. The van der Waals surface area contributed by atoms with Gasteiger partial charge in [-0.15, -0.1) is 0 Å². The van der Waals surface area contributed by atoms with Crippen molar-refractivity contribution in [2.45, 2.75) is 58.2 Å². The Labute approximate surface area is 241 Å². The number of aliphatic hydroxyl groups excluding tert-OH is 1. The fraction of sp³-hybridized carbons (Fsp3) is 0.419. The molecule has 2 atom stereocenters. The lowest BCUT2D eigenvalue weighted by molar-refractivity contribution is -0.144. The summed E-state index contributed by atoms with van der Waals surface area (Å²) in [5.74, 6) is -1.62. The fourth-order valence-electron chi connectivity index (χ4n) is 4.12. The molecule has 2 aromatic rings. The number of carbonyl (C=O) groups is 4. The fourth-order valence-corrected chi connectivity index (χ4v) is 4.12. The van der Waals surface area contributed by atoms with E-state index in [-0.39, 0.29) is 32.5 Å². The monoisotopic (exact) mass is 567 g/mol. The van der Waals surface area contributed by atoms with Crippen molar-refractivity contribution in [1.82, 2.24) is 15.5 Å². The number of aliphatic hydroxyl groups is 1. The lowest BCUT2D eigenvalue weighted by Gasteiger charge is -2.34. The minimum Gasteiger partial charge on any atom is -0.466 e. The number of hydrogen-bond donors (Lipinski definition) is 3. The number of nitrogens with zero attached hydrogens (tertiary/aromatic N) is 1. The van der Waals surface area contributed by atoms with Gasteiger partial charge in [0.2, 0.25) is 11.8 Å². The molecule has 0 saturated heterocycles. The van der Waals surface area contributed by atoms with E-state index < -0.39 is 48.2 Å². The molecule has 2 aromatic carbocycles. The highest BCUT2D eigenvalue weighted by Crippen LogP contribution is 2.24. The molecule has 0 aliphatic heterocycles. The standard InChI is InChI=1S/C31H41N3O7/c1-6-22-14-11-15-24(20-22)27(28(37)32-17-16-26(36)40-7-2)34(18-19-35)29(38)25(21-23-12-9-8-10-13-23)33-30(39)41-31(3,4)5/h6,8-15,20,25,27,35H,1,7,16-19,21H2,2-5H3,(H,32,37)(H,33,39). The quantitative estimate of drug-likeness (QED) is 0.298. The van der Waals surface area contributed by atoms with Gasteiger partial charge >= 0.3 is 12.1 Å². The van der Waals surface area contributed by atoms with Crippen LogP contribution in [-0.2, 0) is 30.3 Å². The molecular formula is C31H41N3O7. The van der Waals surface area contributed by atoms with Gasteiger partial charge in [0.25, 0.3) is 0 Å². The second-order valence-corrected chi connectivity index (χ2v) is 10.3. The molecule has 3 amide bonds. The van der Waals surface area contributed by atoms with Crippen LogP contribution in [0.2, 0.25) is 0 Å². The molecule has 0 heterocycles. The number of amides is 3. The summed E-state index contributed by atoms with van der Waals surface area (Å²) in [6.45, 7) is 10.2. The number of nitrogens with one attached hydrogen (secondary N) is 2. The number of ether oxygens (including phenoxy) is 2. The number of rotatable bonds is 14. The molecule has 222 valence electrons. The van der Waals surface area contributed by atoms with Crippen LogP contribution in [0.3, 0.4) is 0 Å². The summed E-state index contributed by atoms with van der Waals surface area (Å²) in [7, 11) is 0. The third-order valence-corrected chi connectivity index (χ3v) is 5.85. The summed E-state index contributed by atoms with van der Waals surface area (Å²) in [6, 6.07) is 13.7. The predicted octanol–water partition coefficient (Wildman–Crippen LogP) is 3.40. The zero-order chi connectivity index (χ0) is 30.4. The normalized spacial score (nSPS) is 12.4. The van der Waals surface area contributed by atoms with Crippen LogP contribution in [0.1, 0.15) is 56.8 Å². The second kappa shape index (κ2) is 16.2. The summed E-state index contributed by atoms with van der Waals surface area (Å²) in [5, 5.41) is 15.3. The first kappa shape index (κ1) is 33.0. The van der Waals surface area contributed by atoms with E-state index in [4.69, 9.17) is 9.47 Å². The SMILES string of the molecule is C=Cc1cccc(C(C(=O)NCCC(=O)OCC)N(CCO)C(=O)C(Cc2ccccc2)NC(=O)OC(C)(C)C)c1. The molecular weight excluding hydrogens is 526 g/mol. The number of carbonyl (C=O) groups excluding carboxylic acids is 4. The van der Waals surface area contributed by atoms with Gasteiger partial charge in [-0.1, -0.05) is 61.2 Å². The lowest BCUT2D eigenvalue weighted by atomic mass is 9.99. The molecule has 2 rings (SSSR count). The molecule has 0 aliphatic carbocycles. The summed E-state index contributed by atoms with van der Waals surface area (Å²) >= 11 is 0. The van der Waals surface area contributed by atoms with Gasteiger partial charge < -0.3 is 30.1 Å². The average Bonchev–Trinajstić information content (AvgIpc) is 2.92. The molecule has 0 fully saturated rings. The maximum absolute atomic E-state index is 14.1. The van der Waals surface area contributed by atoms with E-state index in [9.17, 15) is 24.3 Å². The predicted molar refractivity (Wildman–Crippen MR) is 156 cm³/mol. The Balaban J connectivity index is 2.48. The Morgan fingerprint density at radius 3 is 2.39 bits per heavy atom. The van der Waals surface area contributed by atoms with Crippen LogP contribution in [0.4, 0.5) is 4.79 Å². The van der Waals surface area contributed by atoms with Crippen LogP contribution in [0.5, 0.6) is 0 Å². The van der Waals surface area contributed by atoms with Crippen LogP contribution >= 0.6 is 0 Å². The minimum absolute atomic E-state index is 0.0138. The Bertz CT molecular complexity index is 1180. The second-order valence-electron chi connectivity index (χ2n) is 10.3. The van der Waals surface area contributed by atoms with Crippen molar-refractivity contribution >= 4 is 30.0 Å². The summed E-state index contributed by atoms with van der Waals surface area (Å²) in [5.41, 5.74) is 1.15. The van der Waals surface area contributed by atoms with Crippen molar-refractivity contribution in [1.29, 1.82) is 0 Å². The topological polar surface area (TPSA) is 134 Å². The van der Waals surface area contributed by atoms with Crippen molar-refractivity contribution in [2.24, 2.45) is 0 Å². The van der Waals surface area contributed by atoms with E-state index in [1.807, 2.05) is 30.3 Å². The van der Waals surface area contributed by atoms with Gasteiger partial charge in [0.15, 0.2) is 0 Å². The van der Waals surface area contributed by atoms with Crippen LogP contribution in [0.15, 0.2) is 61.2 Å². The zero-order valence-corrected chi connectivity index (χ0v) is 24.2. The summed E-state index contributed by atoms with van der Waals surface area (Å²) in [6.07, 6.45) is 0.883. The molecule has 10 heteroatoms. The van der Waals surface area contributed by atoms with Crippen molar-refractivity contribution in [3.63, 3.8) is 0 Å². The smallest absolute Gasteiger partial charge is 0.408 e. The molecule has 10 nitrogen and oxygen atoms in total. The number of hydrogen-bond acceptors (Lipinski definition) is 7. The Morgan fingerprint density at radius 2 is 1.78 bits per heavy atom. The highest BCUT2D eigenvalue weighted by molar-refractivity contribution is 5.92. The van der Waals surface area contributed by atoms with E-state index in [1.54, 1.807) is 58.0 Å². The maximum atomic E-state index is 14.1. The molecule has 0 saturated carbocycles. The van der Waals surface area contributed by atoms with E-state index >= 15 is 0 Å². The minimum atomic E-state index is -1.18. The zero-order valence-electron chi connectivity index (χ0n) is 24.2. The molecule has 0 spiro atoms. The average molecular weight is 568 g/mol. The van der Waals surface area contributed by atoms with Crippen molar-refractivity contribution in [2.75, 3.05) is 26.3 Å². The Morgan fingerprint density at radius 1 is 1.07 bits per heavy atom. The van der Waals surface area contributed by atoms with Crippen LogP contribution in [-0.4, -0.2) is 71.8 Å². The van der Waals surface area contributed by atoms with E-state index in [0.717, 1.165) is 11.1 Å². The third kappa shape index (κ3) is 11.1. The van der Waals surface area contributed by atoms with Gasteiger partial charge in [0, 0.05) is 19.5 Å². The Kier molecular flexibility index (Phi) is 13.0. The summed E-state index contributed by atoms with van der Waals surface area (Å²) in [4.78, 5) is 53.6. The molecule has 2 unspecified atom stereocenters. The van der Waals surface area contributed by atoms with Crippen LogP contribution in [0.25, 0.3) is 6.08 Å². The number of esters is 1. The molecule has 0 bridgehead atoms. The molecule has 41 heavy (non-hydrogen) atoms. The highest BCUT2D eigenvalue weighted by atomic mass is 16.6.